The van der Waals surface area contributed by atoms with E-state index in [9.17, 15) is 19.8 Å². The van der Waals surface area contributed by atoms with Crippen LogP contribution < -0.4 is 0 Å². The van der Waals surface area contributed by atoms with Crippen LogP contribution in [0.3, 0.4) is 0 Å². The van der Waals surface area contributed by atoms with Crippen LogP contribution >= 0.6 is 0 Å². The van der Waals surface area contributed by atoms with Crippen molar-refractivity contribution in [2.24, 2.45) is 5.92 Å². The molecule has 0 aromatic carbocycles. The predicted molar refractivity (Wildman–Crippen MR) is 73.0 cm³/mol. The number of esters is 1. The van der Waals surface area contributed by atoms with Crippen LogP contribution in [-0.4, -0.2) is 33.2 Å². The molecule has 3 atom stereocenters. The Bertz CT molecular complexity index is 303. The molecule has 0 bridgehead atoms. The minimum atomic E-state index is -1.66. The molecule has 0 aromatic heterocycles. The van der Waals surface area contributed by atoms with Gasteiger partial charge in [0.05, 0.1) is 0 Å². The lowest BCUT2D eigenvalue weighted by Crippen LogP contribution is -2.41. The van der Waals surface area contributed by atoms with E-state index in [1.165, 1.54) is 6.92 Å². The van der Waals surface area contributed by atoms with Gasteiger partial charge in [-0.15, -0.1) is 0 Å². The van der Waals surface area contributed by atoms with E-state index in [2.05, 4.69) is 19.6 Å². The molecule has 112 valence electrons. The first kappa shape index (κ1) is 18.3. The standard InChI is InChI=1S/C13H24O5S/c1-4-5-6-7-9(2)13(3,17)18-12(16)10(14)8-11(15)19/h9-10,14,17H,4-8H2,1-3H3,(H,15,19)/p-1. The van der Waals surface area contributed by atoms with E-state index in [0.29, 0.717) is 6.42 Å². The van der Waals surface area contributed by atoms with Crippen molar-refractivity contribution in [3.63, 3.8) is 0 Å². The lowest BCUT2D eigenvalue weighted by molar-refractivity contribution is -0.228. The van der Waals surface area contributed by atoms with E-state index in [1.807, 2.05) is 0 Å². The van der Waals surface area contributed by atoms with Crippen molar-refractivity contribution >= 4 is 23.7 Å². The summed E-state index contributed by atoms with van der Waals surface area (Å²) in [5, 5.41) is 18.7. The van der Waals surface area contributed by atoms with Gasteiger partial charge < -0.3 is 32.4 Å². The molecule has 2 N–H and O–H groups in total. The Labute approximate surface area is 119 Å². The van der Waals surface area contributed by atoms with E-state index in [0.717, 1.165) is 19.3 Å². The molecule has 0 aliphatic rings. The van der Waals surface area contributed by atoms with Gasteiger partial charge in [0.1, 0.15) is 0 Å². The molecule has 0 aliphatic heterocycles. The lowest BCUT2D eigenvalue weighted by Gasteiger charge is -2.30. The fourth-order valence-corrected chi connectivity index (χ4v) is 1.74. The summed E-state index contributed by atoms with van der Waals surface area (Å²) in [7, 11) is 0. The number of carbonyl (C=O) groups is 2. The van der Waals surface area contributed by atoms with Crippen molar-refractivity contribution in [3.05, 3.63) is 0 Å². The largest absolute Gasteiger partial charge is 0.742 e. The second-order valence-electron chi connectivity index (χ2n) is 4.96. The summed E-state index contributed by atoms with van der Waals surface area (Å²) in [4.78, 5) is 22.1. The highest BCUT2D eigenvalue weighted by Gasteiger charge is 2.34. The molecule has 0 heterocycles. The van der Waals surface area contributed by atoms with Crippen molar-refractivity contribution < 1.29 is 24.5 Å². The summed E-state index contributed by atoms with van der Waals surface area (Å²) in [5.74, 6) is -2.93. The highest BCUT2D eigenvalue weighted by atomic mass is 32.1. The molecule has 5 nitrogen and oxygen atoms in total. The zero-order chi connectivity index (χ0) is 15.1. The lowest BCUT2D eigenvalue weighted by atomic mass is 9.95. The number of hydrogen-bond acceptors (Lipinski definition) is 6. The third-order valence-corrected chi connectivity index (χ3v) is 3.26. The van der Waals surface area contributed by atoms with Gasteiger partial charge in [-0.1, -0.05) is 33.1 Å². The Morgan fingerprint density at radius 2 is 1.95 bits per heavy atom. The van der Waals surface area contributed by atoms with Gasteiger partial charge in [0.2, 0.25) is 5.79 Å². The van der Waals surface area contributed by atoms with Crippen LogP contribution in [0.15, 0.2) is 0 Å². The Morgan fingerprint density at radius 3 is 2.42 bits per heavy atom. The highest BCUT2D eigenvalue weighted by Crippen LogP contribution is 2.24. The SMILES string of the molecule is CCCCCC(C)C(C)(O)OC(=O)C(O)CC(=O)[S-]. The Balaban J connectivity index is 4.32. The van der Waals surface area contributed by atoms with Crippen LogP contribution in [0.1, 0.15) is 52.9 Å². The quantitative estimate of drug-likeness (QED) is 0.288. The molecule has 0 spiro atoms. The van der Waals surface area contributed by atoms with Gasteiger partial charge in [0.15, 0.2) is 6.10 Å². The van der Waals surface area contributed by atoms with E-state index < -0.39 is 29.4 Å². The Morgan fingerprint density at radius 1 is 1.37 bits per heavy atom. The molecule has 0 saturated heterocycles. The minimum absolute atomic E-state index is 0.255. The number of aliphatic hydroxyl groups is 2. The van der Waals surface area contributed by atoms with Crippen molar-refractivity contribution in [1.29, 1.82) is 0 Å². The molecule has 6 heteroatoms. The average Bonchev–Trinajstić information content (AvgIpc) is 2.27. The fraction of sp³-hybridized carbons (Fsp3) is 0.846. The van der Waals surface area contributed by atoms with Gasteiger partial charge in [0.25, 0.3) is 0 Å². The van der Waals surface area contributed by atoms with Crippen LogP contribution in [0, 0.1) is 5.92 Å². The first-order valence-electron chi connectivity index (χ1n) is 6.53. The van der Waals surface area contributed by atoms with Crippen molar-refractivity contribution in [1.82, 2.24) is 0 Å². The maximum atomic E-state index is 11.5. The maximum Gasteiger partial charge on any atom is 0.337 e. The third-order valence-electron chi connectivity index (χ3n) is 3.09. The number of rotatable bonds is 9. The van der Waals surface area contributed by atoms with Gasteiger partial charge in [-0.2, -0.15) is 0 Å². The summed E-state index contributed by atoms with van der Waals surface area (Å²) in [5.41, 5.74) is 0. The molecule has 0 amide bonds. The summed E-state index contributed by atoms with van der Waals surface area (Å²) >= 11 is 4.27. The van der Waals surface area contributed by atoms with E-state index in [1.54, 1.807) is 6.92 Å². The summed E-state index contributed by atoms with van der Waals surface area (Å²) in [6, 6.07) is 0. The van der Waals surface area contributed by atoms with Gasteiger partial charge in [0, 0.05) is 24.4 Å². The van der Waals surface area contributed by atoms with Gasteiger partial charge in [-0.3, -0.25) is 0 Å². The number of ether oxygens (including phenoxy) is 1. The van der Waals surface area contributed by atoms with Crippen molar-refractivity contribution in [3.8, 4) is 0 Å². The average molecular weight is 291 g/mol. The summed E-state index contributed by atoms with van der Waals surface area (Å²) < 4.78 is 4.86. The zero-order valence-corrected chi connectivity index (χ0v) is 12.5. The fourth-order valence-electron chi connectivity index (χ4n) is 1.58. The molecular formula is C13H23O5S-. The Hall–Kier alpha value is -0.720. The zero-order valence-electron chi connectivity index (χ0n) is 11.7. The van der Waals surface area contributed by atoms with Gasteiger partial charge in [-0.25, -0.2) is 4.79 Å². The van der Waals surface area contributed by atoms with Crippen molar-refractivity contribution in [2.45, 2.75) is 64.8 Å². The first-order chi connectivity index (χ1) is 8.70. The second kappa shape index (κ2) is 8.45. The molecular weight excluding hydrogens is 268 g/mol. The van der Waals surface area contributed by atoms with Gasteiger partial charge in [-0.05, 0) is 6.42 Å². The third kappa shape index (κ3) is 7.44. The van der Waals surface area contributed by atoms with Gasteiger partial charge >= 0.3 is 5.97 Å². The van der Waals surface area contributed by atoms with E-state index in [4.69, 9.17) is 4.74 Å². The molecule has 0 aliphatic carbocycles. The minimum Gasteiger partial charge on any atom is -0.742 e. The topological polar surface area (TPSA) is 83.8 Å². The first-order valence-corrected chi connectivity index (χ1v) is 6.94. The smallest absolute Gasteiger partial charge is 0.337 e. The van der Waals surface area contributed by atoms with Crippen molar-refractivity contribution in [2.75, 3.05) is 0 Å². The second-order valence-corrected chi connectivity index (χ2v) is 5.42. The number of unbranched alkanes of at least 4 members (excludes halogenated alkanes) is 2. The molecule has 0 saturated carbocycles. The maximum absolute atomic E-state index is 11.5. The van der Waals surface area contributed by atoms with E-state index in [-0.39, 0.29) is 5.92 Å². The molecule has 0 radical (unpaired) electrons. The molecule has 3 unspecified atom stereocenters. The summed E-state index contributed by atoms with van der Waals surface area (Å²) in [6.45, 7) is 5.22. The monoisotopic (exact) mass is 291 g/mol. The molecule has 19 heavy (non-hydrogen) atoms. The van der Waals surface area contributed by atoms with E-state index >= 15 is 0 Å². The number of aliphatic hydroxyl groups excluding tert-OH is 1. The number of carbonyl (C=O) groups excluding carboxylic acids is 2. The van der Waals surface area contributed by atoms with Crippen LogP contribution in [-0.2, 0) is 27.0 Å². The van der Waals surface area contributed by atoms with Crippen LogP contribution in [0.25, 0.3) is 0 Å². The van der Waals surface area contributed by atoms with Crippen LogP contribution in [0.5, 0.6) is 0 Å². The molecule has 0 rings (SSSR count). The molecule has 0 fully saturated rings. The molecule has 0 aromatic rings. The number of hydrogen-bond donors (Lipinski definition) is 2. The van der Waals surface area contributed by atoms with Crippen LogP contribution in [0.4, 0.5) is 0 Å². The normalized spacial score (nSPS) is 17.3. The highest BCUT2D eigenvalue weighted by molar-refractivity contribution is 7.77. The predicted octanol–water partition coefficient (Wildman–Crippen LogP) is 1.28. The Kier molecular flexibility index (Phi) is 8.13. The van der Waals surface area contributed by atoms with Crippen LogP contribution in [0.2, 0.25) is 0 Å². The summed E-state index contributed by atoms with van der Waals surface area (Å²) in [6.07, 6.45) is 1.66.